The van der Waals surface area contributed by atoms with Gasteiger partial charge in [-0.05, 0) is 33.3 Å². The molecule has 0 bridgehead atoms. The van der Waals surface area contributed by atoms with Gasteiger partial charge in [-0.1, -0.05) is 11.8 Å². The Morgan fingerprint density at radius 3 is 2.73 bits per heavy atom. The number of nitrogens with zero attached hydrogens (tertiary/aromatic N) is 3. The number of Topliss-reactive ketones (excluding diaryl/α,β-unsaturated/α-hetero) is 1. The number of H-pyrrole nitrogens is 1. The molecular formula is C17H19N5O3S. The van der Waals surface area contributed by atoms with Crippen LogP contribution in [0.15, 0.2) is 11.4 Å². The SMILES string of the molecule is CCOC(=O)c1c(C)[nH]c(C(=O)[C@H](C)Sc2ncc(C#N)c(N)n2)c1C. The van der Waals surface area contributed by atoms with Crippen LogP contribution in [0.4, 0.5) is 5.82 Å². The van der Waals surface area contributed by atoms with Crippen molar-refractivity contribution in [2.75, 3.05) is 12.3 Å². The smallest absolute Gasteiger partial charge is 0.340 e. The van der Waals surface area contributed by atoms with E-state index in [9.17, 15) is 9.59 Å². The first kappa shape index (κ1) is 19.5. The van der Waals surface area contributed by atoms with Crippen LogP contribution in [-0.4, -0.2) is 38.6 Å². The third-order valence-corrected chi connectivity index (χ3v) is 4.71. The number of thioether (sulfide) groups is 1. The van der Waals surface area contributed by atoms with Crippen LogP contribution < -0.4 is 5.73 Å². The van der Waals surface area contributed by atoms with E-state index in [-0.39, 0.29) is 23.8 Å². The highest BCUT2D eigenvalue weighted by atomic mass is 32.2. The zero-order valence-electron chi connectivity index (χ0n) is 14.9. The number of carbonyl (C=O) groups excluding carboxylic acids is 2. The standard InChI is InChI=1S/C17H19N5O3S/c1-5-25-16(24)12-8(2)13(21-9(12)3)14(23)10(4)26-17-20-7-11(6-18)15(19)22-17/h7,10,21H,5H2,1-4H3,(H2,19,20,22)/t10-/m0/s1. The van der Waals surface area contributed by atoms with Crippen LogP contribution >= 0.6 is 11.8 Å². The van der Waals surface area contributed by atoms with E-state index in [1.165, 1.54) is 6.20 Å². The molecule has 3 N–H and O–H groups in total. The molecule has 0 fully saturated rings. The molecule has 9 heteroatoms. The van der Waals surface area contributed by atoms with Gasteiger partial charge in [0.15, 0.2) is 10.9 Å². The Bertz CT molecular complexity index is 901. The summed E-state index contributed by atoms with van der Waals surface area (Å²) < 4.78 is 5.04. The van der Waals surface area contributed by atoms with Crippen molar-refractivity contribution in [1.29, 1.82) is 5.26 Å². The molecule has 8 nitrogen and oxygen atoms in total. The highest BCUT2D eigenvalue weighted by molar-refractivity contribution is 8.00. The summed E-state index contributed by atoms with van der Waals surface area (Å²) in [6.45, 7) is 7.12. The average Bonchev–Trinajstić information content (AvgIpc) is 2.89. The van der Waals surface area contributed by atoms with Crippen molar-refractivity contribution in [2.45, 2.75) is 38.1 Å². The Hall–Kier alpha value is -2.86. The van der Waals surface area contributed by atoms with Gasteiger partial charge in [-0.25, -0.2) is 14.8 Å². The van der Waals surface area contributed by atoms with Gasteiger partial charge in [0.1, 0.15) is 17.5 Å². The average molecular weight is 373 g/mol. The van der Waals surface area contributed by atoms with Gasteiger partial charge in [0.05, 0.1) is 29.3 Å². The minimum absolute atomic E-state index is 0.0705. The largest absolute Gasteiger partial charge is 0.462 e. The van der Waals surface area contributed by atoms with Crippen molar-refractivity contribution >= 4 is 29.3 Å². The maximum absolute atomic E-state index is 12.8. The topological polar surface area (TPSA) is 135 Å². The third kappa shape index (κ3) is 3.86. The van der Waals surface area contributed by atoms with E-state index in [0.29, 0.717) is 27.7 Å². The fourth-order valence-corrected chi connectivity index (χ4v) is 3.25. The zero-order valence-corrected chi connectivity index (χ0v) is 15.7. The minimum Gasteiger partial charge on any atom is -0.462 e. The van der Waals surface area contributed by atoms with Crippen LogP contribution in [0.3, 0.4) is 0 Å². The highest BCUT2D eigenvalue weighted by Crippen LogP contribution is 2.27. The first-order valence-corrected chi connectivity index (χ1v) is 8.77. The molecule has 0 aliphatic carbocycles. The molecular weight excluding hydrogens is 354 g/mol. The first-order valence-electron chi connectivity index (χ1n) is 7.89. The number of anilines is 1. The zero-order chi connectivity index (χ0) is 19.4. The fraction of sp³-hybridized carbons (Fsp3) is 0.353. The maximum atomic E-state index is 12.8. The molecule has 0 saturated heterocycles. The molecule has 0 aromatic carbocycles. The molecule has 2 rings (SSSR count). The molecule has 0 spiro atoms. The van der Waals surface area contributed by atoms with Gasteiger partial charge in [-0.3, -0.25) is 4.79 Å². The van der Waals surface area contributed by atoms with Crippen molar-refractivity contribution in [1.82, 2.24) is 15.0 Å². The predicted molar refractivity (Wildman–Crippen MR) is 97.0 cm³/mol. The minimum atomic E-state index is -0.519. The number of aryl methyl sites for hydroxylation is 1. The Kier molecular flexibility index (Phi) is 6.00. The lowest BCUT2D eigenvalue weighted by Crippen LogP contribution is -2.16. The van der Waals surface area contributed by atoms with Crippen LogP contribution in [0, 0.1) is 25.2 Å². The number of ether oxygens (including phenoxy) is 1. The molecule has 26 heavy (non-hydrogen) atoms. The molecule has 2 aromatic heterocycles. The van der Waals surface area contributed by atoms with Gasteiger partial charge in [-0.15, -0.1) is 0 Å². The second-order valence-corrected chi connectivity index (χ2v) is 6.84. The Morgan fingerprint density at radius 1 is 1.46 bits per heavy atom. The molecule has 1 atom stereocenters. The quantitative estimate of drug-likeness (QED) is 0.341. The summed E-state index contributed by atoms with van der Waals surface area (Å²) in [7, 11) is 0. The van der Waals surface area contributed by atoms with Crippen molar-refractivity contribution in [3.05, 3.63) is 34.3 Å². The Labute approximate surface area is 155 Å². The van der Waals surface area contributed by atoms with Crippen molar-refractivity contribution in [2.24, 2.45) is 0 Å². The number of nitriles is 1. The molecule has 0 aliphatic heterocycles. The normalized spacial score (nSPS) is 11.7. The third-order valence-electron chi connectivity index (χ3n) is 3.73. The van der Waals surface area contributed by atoms with Gasteiger partial charge in [0.2, 0.25) is 0 Å². The summed E-state index contributed by atoms with van der Waals surface area (Å²) in [5.41, 5.74) is 7.73. The van der Waals surface area contributed by atoms with Crippen LogP contribution in [0.2, 0.25) is 0 Å². The van der Waals surface area contributed by atoms with Gasteiger partial charge in [0, 0.05) is 5.69 Å². The lowest BCUT2D eigenvalue weighted by molar-refractivity contribution is 0.0525. The fourth-order valence-electron chi connectivity index (χ4n) is 2.44. The van der Waals surface area contributed by atoms with E-state index in [4.69, 9.17) is 15.7 Å². The predicted octanol–water partition coefficient (Wildman–Crippen LogP) is 2.42. The number of hydrogen-bond acceptors (Lipinski definition) is 8. The van der Waals surface area contributed by atoms with Gasteiger partial charge >= 0.3 is 5.97 Å². The van der Waals surface area contributed by atoms with Crippen LogP contribution in [0.25, 0.3) is 0 Å². The van der Waals surface area contributed by atoms with Crippen LogP contribution in [0.5, 0.6) is 0 Å². The molecule has 2 heterocycles. The molecule has 0 amide bonds. The number of nitrogens with one attached hydrogen (secondary N) is 1. The van der Waals surface area contributed by atoms with Gasteiger partial charge < -0.3 is 15.5 Å². The summed E-state index contributed by atoms with van der Waals surface area (Å²) >= 11 is 1.12. The second kappa shape index (κ2) is 8.01. The first-order chi connectivity index (χ1) is 12.3. The molecule has 0 aliphatic rings. The van der Waals surface area contributed by atoms with E-state index < -0.39 is 11.2 Å². The summed E-state index contributed by atoms with van der Waals surface area (Å²) in [6, 6.07) is 1.89. The summed E-state index contributed by atoms with van der Waals surface area (Å²) in [5, 5.41) is 8.64. The highest BCUT2D eigenvalue weighted by Gasteiger charge is 2.26. The van der Waals surface area contributed by atoms with Crippen molar-refractivity contribution in [3.63, 3.8) is 0 Å². The van der Waals surface area contributed by atoms with Crippen LogP contribution in [-0.2, 0) is 4.74 Å². The second-order valence-electron chi connectivity index (χ2n) is 5.53. The Morgan fingerprint density at radius 2 is 2.15 bits per heavy atom. The summed E-state index contributed by atoms with van der Waals surface area (Å²) in [5.74, 6) is -0.583. The van der Waals surface area contributed by atoms with Gasteiger partial charge in [-0.2, -0.15) is 5.26 Å². The van der Waals surface area contributed by atoms with Crippen molar-refractivity contribution < 1.29 is 14.3 Å². The number of rotatable bonds is 6. The lowest BCUT2D eigenvalue weighted by Gasteiger charge is -2.09. The number of nitrogens with two attached hydrogens (primary N) is 1. The van der Waals surface area contributed by atoms with Crippen LogP contribution in [0.1, 0.15) is 51.5 Å². The molecule has 136 valence electrons. The van der Waals surface area contributed by atoms with E-state index in [1.807, 2.05) is 6.07 Å². The molecule has 0 saturated carbocycles. The van der Waals surface area contributed by atoms with Gasteiger partial charge in [0.25, 0.3) is 0 Å². The number of esters is 1. The monoisotopic (exact) mass is 373 g/mol. The maximum Gasteiger partial charge on any atom is 0.340 e. The number of aromatic nitrogens is 3. The Balaban J connectivity index is 2.23. The molecule has 2 aromatic rings. The number of carbonyl (C=O) groups is 2. The van der Waals surface area contributed by atoms with E-state index in [1.54, 1.807) is 27.7 Å². The lowest BCUT2D eigenvalue weighted by atomic mass is 10.1. The van der Waals surface area contributed by atoms with E-state index >= 15 is 0 Å². The number of aromatic amines is 1. The number of ketones is 1. The number of nitrogen functional groups attached to an aromatic ring is 1. The summed E-state index contributed by atoms with van der Waals surface area (Å²) in [4.78, 5) is 35.9. The summed E-state index contributed by atoms with van der Waals surface area (Å²) in [6.07, 6.45) is 1.32. The number of hydrogen-bond donors (Lipinski definition) is 2. The molecule has 0 radical (unpaired) electrons. The van der Waals surface area contributed by atoms with Crippen molar-refractivity contribution in [3.8, 4) is 6.07 Å². The van der Waals surface area contributed by atoms with E-state index in [0.717, 1.165) is 11.8 Å². The molecule has 0 unspecified atom stereocenters. The van der Waals surface area contributed by atoms with E-state index in [2.05, 4.69) is 15.0 Å².